The van der Waals surface area contributed by atoms with E-state index in [-0.39, 0.29) is 28.4 Å². The summed E-state index contributed by atoms with van der Waals surface area (Å²) in [6.07, 6.45) is 3.06. The first-order valence-electron chi connectivity index (χ1n) is 8.94. The lowest BCUT2D eigenvalue weighted by Gasteiger charge is -2.44. The minimum atomic E-state index is -3.87. The molecule has 0 aromatic heterocycles. The summed E-state index contributed by atoms with van der Waals surface area (Å²) in [5, 5.41) is 11.2. The van der Waals surface area contributed by atoms with Crippen molar-refractivity contribution < 1.29 is 18.1 Å². The van der Waals surface area contributed by atoms with E-state index in [2.05, 4.69) is 0 Å². The van der Waals surface area contributed by atoms with Crippen molar-refractivity contribution in [1.29, 1.82) is 0 Å². The van der Waals surface area contributed by atoms with E-state index in [0.29, 0.717) is 12.2 Å². The molecule has 1 aliphatic heterocycles. The van der Waals surface area contributed by atoms with E-state index < -0.39 is 14.9 Å². The zero-order valence-corrected chi connectivity index (χ0v) is 15.7. The summed E-state index contributed by atoms with van der Waals surface area (Å²) in [6.45, 7) is 1.89. The highest BCUT2D eigenvalue weighted by Gasteiger charge is 2.44. The summed E-state index contributed by atoms with van der Waals surface area (Å²) < 4.78 is 34.4. The van der Waals surface area contributed by atoms with Crippen LogP contribution >= 0.6 is 0 Å². The molecule has 0 N–H and O–H groups in total. The first-order chi connectivity index (χ1) is 12.9. The number of hydrogen-bond donors (Lipinski definition) is 0. The molecular weight excluding hydrogens is 368 g/mol. The first kappa shape index (κ1) is 17.8. The van der Waals surface area contributed by atoms with Crippen LogP contribution in [0.15, 0.2) is 47.4 Å². The Bertz CT molecular complexity index is 988. The average molecular weight is 388 g/mol. The van der Waals surface area contributed by atoms with Gasteiger partial charge in [-0.1, -0.05) is 24.1 Å². The van der Waals surface area contributed by atoms with Gasteiger partial charge in [-0.05, 0) is 44.4 Å². The highest BCUT2D eigenvalue weighted by molar-refractivity contribution is 7.92. The molecule has 2 aromatic rings. The van der Waals surface area contributed by atoms with E-state index in [1.165, 1.54) is 22.5 Å². The average Bonchev–Trinajstić information content (AvgIpc) is 2.65. The Morgan fingerprint density at radius 2 is 1.81 bits per heavy atom. The smallest absolute Gasteiger partial charge is 0.271 e. The Morgan fingerprint density at radius 3 is 2.52 bits per heavy atom. The molecule has 1 aliphatic carbocycles. The molecular formula is C19H20N2O5S. The van der Waals surface area contributed by atoms with Crippen LogP contribution in [0.4, 0.5) is 11.4 Å². The molecule has 2 unspecified atom stereocenters. The number of hydrogen-bond acceptors (Lipinski definition) is 5. The maximum absolute atomic E-state index is 13.5. The van der Waals surface area contributed by atoms with Crippen LogP contribution in [0.2, 0.25) is 0 Å². The van der Waals surface area contributed by atoms with Crippen LogP contribution in [0.1, 0.15) is 31.2 Å². The second-order valence-corrected chi connectivity index (χ2v) is 8.85. The van der Waals surface area contributed by atoms with Crippen molar-refractivity contribution in [3.8, 4) is 5.75 Å². The summed E-state index contributed by atoms with van der Waals surface area (Å²) >= 11 is 0. The van der Waals surface area contributed by atoms with Crippen molar-refractivity contribution in [2.45, 2.75) is 49.6 Å². The summed E-state index contributed by atoms with van der Waals surface area (Å²) in [5.74, 6) is 0.374. The van der Waals surface area contributed by atoms with E-state index >= 15 is 0 Å². The molecule has 2 atom stereocenters. The molecule has 1 heterocycles. The van der Waals surface area contributed by atoms with Gasteiger partial charge in [0.2, 0.25) is 0 Å². The monoisotopic (exact) mass is 388 g/mol. The van der Waals surface area contributed by atoms with E-state index in [4.69, 9.17) is 4.74 Å². The van der Waals surface area contributed by atoms with Gasteiger partial charge in [0, 0.05) is 12.1 Å². The van der Waals surface area contributed by atoms with E-state index in [9.17, 15) is 18.5 Å². The van der Waals surface area contributed by atoms with Gasteiger partial charge in [-0.2, -0.15) is 0 Å². The molecule has 1 fully saturated rings. The number of anilines is 1. The van der Waals surface area contributed by atoms with Crippen LogP contribution in [-0.2, 0) is 10.0 Å². The van der Waals surface area contributed by atoms with Gasteiger partial charge in [0.1, 0.15) is 17.5 Å². The summed E-state index contributed by atoms with van der Waals surface area (Å²) in [5.41, 5.74) is 1.05. The topological polar surface area (TPSA) is 89.8 Å². The van der Waals surface area contributed by atoms with Gasteiger partial charge in [0.05, 0.1) is 15.9 Å². The van der Waals surface area contributed by atoms with E-state index in [1.54, 1.807) is 24.3 Å². The Labute approximate surface area is 157 Å². The quantitative estimate of drug-likeness (QED) is 0.589. The molecule has 142 valence electrons. The van der Waals surface area contributed by atoms with Crippen LogP contribution < -0.4 is 9.04 Å². The van der Waals surface area contributed by atoms with Crippen molar-refractivity contribution >= 4 is 21.4 Å². The molecule has 4 rings (SSSR count). The highest BCUT2D eigenvalue weighted by atomic mass is 32.2. The Kier molecular flexibility index (Phi) is 4.30. The fourth-order valence-corrected chi connectivity index (χ4v) is 5.55. The highest BCUT2D eigenvalue weighted by Crippen LogP contribution is 2.45. The predicted molar refractivity (Wildman–Crippen MR) is 101 cm³/mol. The predicted octanol–water partition coefficient (Wildman–Crippen LogP) is 3.80. The molecule has 2 aromatic carbocycles. The number of ether oxygens (including phenoxy) is 1. The van der Waals surface area contributed by atoms with Gasteiger partial charge in [0.25, 0.3) is 15.7 Å². The molecule has 0 amide bonds. The van der Waals surface area contributed by atoms with Crippen LogP contribution in [-0.4, -0.2) is 25.5 Å². The normalized spacial score (nSPS) is 21.7. The summed E-state index contributed by atoms with van der Waals surface area (Å²) in [4.78, 5) is 10.9. The van der Waals surface area contributed by atoms with Gasteiger partial charge in [-0.3, -0.25) is 14.4 Å². The third-order valence-electron chi connectivity index (χ3n) is 5.22. The zero-order valence-electron chi connectivity index (χ0n) is 14.9. The van der Waals surface area contributed by atoms with E-state index in [0.717, 1.165) is 24.8 Å². The zero-order chi connectivity index (χ0) is 19.2. The third-order valence-corrected chi connectivity index (χ3v) is 7.07. The molecule has 2 aliphatic rings. The minimum absolute atomic E-state index is 0.157. The maximum Gasteiger partial charge on any atom is 0.271 e. The number of nitro groups is 1. The van der Waals surface area contributed by atoms with Crippen molar-refractivity contribution in [2.75, 3.05) is 4.31 Å². The second kappa shape index (κ2) is 6.53. The number of aryl methyl sites for hydroxylation is 1. The van der Waals surface area contributed by atoms with Crippen LogP contribution in [0.25, 0.3) is 0 Å². The molecule has 1 saturated carbocycles. The summed E-state index contributed by atoms with van der Waals surface area (Å²) in [6, 6.07) is 10.4. The number of nitro benzene ring substituents is 1. The lowest BCUT2D eigenvalue weighted by molar-refractivity contribution is -0.384. The Balaban J connectivity index is 1.89. The van der Waals surface area contributed by atoms with Crippen LogP contribution in [0.3, 0.4) is 0 Å². The number of non-ortho nitro benzene ring substituents is 1. The van der Waals surface area contributed by atoms with Gasteiger partial charge < -0.3 is 4.74 Å². The van der Waals surface area contributed by atoms with Gasteiger partial charge in [0.15, 0.2) is 0 Å². The standard InChI is InChI=1S/C19H20N2O5S/c1-13-6-9-15(10-7-13)27(24,25)20-16-4-2-3-5-18(16)26-19-11-8-14(21(22)23)12-17(19)20/h6-12,16,18H,2-5H2,1H3. The van der Waals surface area contributed by atoms with Crippen molar-refractivity contribution in [2.24, 2.45) is 0 Å². The number of sulfonamides is 1. The number of benzene rings is 2. The Morgan fingerprint density at radius 1 is 1.11 bits per heavy atom. The van der Waals surface area contributed by atoms with Crippen LogP contribution in [0.5, 0.6) is 5.75 Å². The van der Waals surface area contributed by atoms with Crippen LogP contribution in [0, 0.1) is 17.0 Å². The maximum atomic E-state index is 13.5. The minimum Gasteiger partial charge on any atom is -0.486 e. The van der Waals surface area contributed by atoms with Crippen molar-refractivity contribution in [3.05, 3.63) is 58.1 Å². The number of nitrogens with zero attached hydrogens (tertiary/aromatic N) is 2. The fraction of sp³-hybridized carbons (Fsp3) is 0.368. The second-order valence-electron chi connectivity index (χ2n) is 7.03. The molecule has 27 heavy (non-hydrogen) atoms. The van der Waals surface area contributed by atoms with Crippen molar-refractivity contribution in [3.63, 3.8) is 0 Å². The molecule has 0 bridgehead atoms. The number of fused-ring (bicyclic) bond motifs is 2. The van der Waals surface area contributed by atoms with E-state index in [1.807, 2.05) is 6.92 Å². The molecule has 7 nitrogen and oxygen atoms in total. The Hall–Kier alpha value is -2.61. The van der Waals surface area contributed by atoms with Gasteiger partial charge >= 0.3 is 0 Å². The van der Waals surface area contributed by atoms with Crippen molar-refractivity contribution in [1.82, 2.24) is 0 Å². The molecule has 0 radical (unpaired) electrons. The fourth-order valence-electron chi connectivity index (χ4n) is 3.85. The SMILES string of the molecule is Cc1ccc(S(=O)(=O)N2c3cc([N+](=O)[O-])ccc3OC3CCCCC32)cc1. The number of rotatable bonds is 3. The molecule has 0 saturated heterocycles. The molecule has 8 heteroatoms. The summed E-state index contributed by atoms with van der Waals surface area (Å²) in [7, 11) is -3.87. The van der Waals surface area contributed by atoms with Gasteiger partial charge in [-0.25, -0.2) is 8.42 Å². The third kappa shape index (κ3) is 3.03. The van der Waals surface area contributed by atoms with Gasteiger partial charge in [-0.15, -0.1) is 0 Å². The molecule has 0 spiro atoms. The largest absolute Gasteiger partial charge is 0.486 e. The lowest BCUT2D eigenvalue weighted by Crippen LogP contribution is -2.53. The first-order valence-corrected chi connectivity index (χ1v) is 10.4. The lowest BCUT2D eigenvalue weighted by atomic mass is 9.91.